The number of carbonyl (C=O) groups is 2. The highest BCUT2D eigenvalue weighted by atomic mass is 16.5. The third-order valence-corrected chi connectivity index (χ3v) is 8.40. The van der Waals surface area contributed by atoms with E-state index in [-0.39, 0.29) is 18.2 Å². The van der Waals surface area contributed by atoms with Crippen LogP contribution in [0.15, 0.2) is 30.3 Å². The summed E-state index contributed by atoms with van der Waals surface area (Å²) in [6, 6.07) is 12.8. The smallest absolute Gasteiger partial charge is 0.224 e. The Bertz CT molecular complexity index is 1100. The van der Waals surface area contributed by atoms with Crippen LogP contribution in [0.4, 0.5) is 0 Å². The fraction of sp³-hybridized carbons (Fsp3) is 0.621. The number of fused-ring (bicyclic) bond motifs is 1. The summed E-state index contributed by atoms with van der Waals surface area (Å²) in [4.78, 5) is 34.2. The molecule has 0 spiro atoms. The molecule has 0 radical (unpaired) electrons. The molecule has 2 N–H and O–H groups in total. The highest BCUT2D eigenvalue weighted by Gasteiger charge is 2.41. The molecule has 8 nitrogen and oxygen atoms in total. The number of para-hydroxylation sites is 1. The molecule has 3 fully saturated rings. The first kappa shape index (κ1) is 25.7. The number of benzene rings is 1. The van der Waals surface area contributed by atoms with E-state index >= 15 is 0 Å². The number of hydrogen-bond donors (Lipinski definition) is 2. The highest BCUT2D eigenvalue weighted by Crippen LogP contribution is 2.32. The summed E-state index contributed by atoms with van der Waals surface area (Å²) in [6.07, 6.45) is 7.41. The highest BCUT2D eigenvalue weighted by molar-refractivity contribution is 5.86. The summed E-state index contributed by atoms with van der Waals surface area (Å²) in [5, 5.41) is 14.5. The zero-order valence-corrected chi connectivity index (χ0v) is 21.7. The predicted molar refractivity (Wildman–Crippen MR) is 141 cm³/mol. The number of aromatic nitrogens is 1. The minimum absolute atomic E-state index is 0.0251. The van der Waals surface area contributed by atoms with E-state index in [9.17, 15) is 14.9 Å². The molecule has 2 saturated heterocycles. The van der Waals surface area contributed by atoms with Crippen molar-refractivity contribution in [2.75, 3.05) is 39.4 Å². The number of likely N-dealkylation sites (tertiary alicyclic amines) is 1. The maximum absolute atomic E-state index is 13.7. The van der Waals surface area contributed by atoms with Gasteiger partial charge in [-0.3, -0.25) is 14.5 Å². The van der Waals surface area contributed by atoms with E-state index in [4.69, 9.17) is 4.74 Å². The lowest BCUT2D eigenvalue weighted by Gasteiger charge is -2.32. The largest absolute Gasteiger partial charge is 0.378 e. The Morgan fingerprint density at radius 3 is 2.70 bits per heavy atom. The van der Waals surface area contributed by atoms with Gasteiger partial charge in [0.2, 0.25) is 11.8 Å². The van der Waals surface area contributed by atoms with Crippen LogP contribution in [0.25, 0.3) is 10.9 Å². The van der Waals surface area contributed by atoms with E-state index in [1.54, 1.807) is 0 Å². The number of carbonyl (C=O) groups excluding carboxylic acids is 2. The van der Waals surface area contributed by atoms with Gasteiger partial charge in [0.1, 0.15) is 5.54 Å². The Hall–Kier alpha value is -2.89. The Morgan fingerprint density at radius 2 is 1.95 bits per heavy atom. The Balaban J connectivity index is 1.24. The van der Waals surface area contributed by atoms with Crippen LogP contribution < -0.4 is 5.32 Å². The SMILES string of the molecule is N#CC1(NC(=O)C(CC(=O)N2CCOCC2)CC2CCCCC2)CCN(Cc2cc3ccccc3[nH]2)C1. The quantitative estimate of drug-likeness (QED) is 0.571. The van der Waals surface area contributed by atoms with Gasteiger partial charge >= 0.3 is 0 Å². The molecule has 8 heteroatoms. The van der Waals surface area contributed by atoms with E-state index in [1.165, 1.54) is 24.6 Å². The molecule has 0 bridgehead atoms. The minimum atomic E-state index is -0.921. The number of ether oxygens (including phenoxy) is 1. The van der Waals surface area contributed by atoms with Crippen molar-refractivity contribution < 1.29 is 14.3 Å². The number of rotatable bonds is 8. The second kappa shape index (κ2) is 11.7. The van der Waals surface area contributed by atoms with Gasteiger partial charge in [0.05, 0.1) is 19.3 Å². The number of nitrogens with zero attached hydrogens (tertiary/aromatic N) is 3. The van der Waals surface area contributed by atoms with Crippen molar-refractivity contribution >= 4 is 22.7 Å². The molecule has 1 saturated carbocycles. The molecule has 2 amide bonds. The zero-order valence-electron chi connectivity index (χ0n) is 21.7. The summed E-state index contributed by atoms with van der Waals surface area (Å²) in [6.45, 7) is 4.20. The molecular weight excluding hydrogens is 466 g/mol. The van der Waals surface area contributed by atoms with Crippen LogP contribution in [-0.2, 0) is 20.9 Å². The topological polar surface area (TPSA) is 101 Å². The summed E-state index contributed by atoms with van der Waals surface area (Å²) in [5.74, 6) is -0.0353. The standard InChI is InChI=1S/C29H39N5O3/c30-20-29(10-11-33(21-29)19-25-17-23-8-4-5-9-26(23)31-25)32-28(36)24(16-22-6-2-1-3-7-22)18-27(35)34-12-14-37-15-13-34/h4-5,8-9,17,22,24,31H,1-3,6-7,10-16,18-19,21H2,(H,32,36). The molecule has 37 heavy (non-hydrogen) atoms. The first-order chi connectivity index (χ1) is 18.0. The Morgan fingerprint density at radius 1 is 1.16 bits per heavy atom. The van der Waals surface area contributed by atoms with Crippen LogP contribution in [-0.4, -0.2) is 71.5 Å². The van der Waals surface area contributed by atoms with Crippen molar-refractivity contribution in [2.24, 2.45) is 11.8 Å². The number of nitrogens with one attached hydrogen (secondary N) is 2. The van der Waals surface area contributed by atoms with Crippen LogP contribution in [0, 0.1) is 23.2 Å². The molecule has 2 atom stereocenters. The predicted octanol–water partition coefficient (Wildman–Crippen LogP) is 3.59. The van der Waals surface area contributed by atoms with Crippen molar-refractivity contribution in [3.05, 3.63) is 36.0 Å². The molecule has 2 aromatic rings. The summed E-state index contributed by atoms with van der Waals surface area (Å²) in [7, 11) is 0. The molecule has 5 rings (SSSR count). The van der Waals surface area contributed by atoms with Gasteiger partial charge in [-0.05, 0) is 36.3 Å². The molecule has 3 aliphatic rings. The third kappa shape index (κ3) is 6.34. The molecule has 1 aromatic heterocycles. The van der Waals surface area contributed by atoms with E-state index in [2.05, 4.69) is 39.5 Å². The van der Waals surface area contributed by atoms with E-state index < -0.39 is 11.5 Å². The van der Waals surface area contributed by atoms with Crippen molar-refractivity contribution in [3.8, 4) is 6.07 Å². The maximum Gasteiger partial charge on any atom is 0.224 e. The zero-order chi connectivity index (χ0) is 25.7. The Labute approximate surface area is 219 Å². The van der Waals surface area contributed by atoms with Gasteiger partial charge < -0.3 is 19.9 Å². The molecule has 2 unspecified atom stereocenters. The van der Waals surface area contributed by atoms with Crippen molar-refractivity contribution in [3.63, 3.8) is 0 Å². The first-order valence-corrected chi connectivity index (χ1v) is 13.9. The number of hydrogen-bond acceptors (Lipinski definition) is 5. The molecule has 1 aliphatic carbocycles. The maximum atomic E-state index is 13.7. The van der Waals surface area contributed by atoms with E-state index in [1.807, 2.05) is 17.0 Å². The van der Waals surface area contributed by atoms with Gasteiger partial charge in [-0.1, -0.05) is 50.3 Å². The molecule has 1 aromatic carbocycles. The van der Waals surface area contributed by atoms with Crippen molar-refractivity contribution in [2.45, 2.75) is 63.5 Å². The fourth-order valence-corrected chi connectivity index (χ4v) is 6.30. The van der Waals surface area contributed by atoms with Gasteiger partial charge in [-0.15, -0.1) is 0 Å². The third-order valence-electron chi connectivity index (χ3n) is 8.40. The number of amides is 2. The molecule has 3 heterocycles. The van der Waals surface area contributed by atoms with Gasteiger partial charge in [0.25, 0.3) is 0 Å². The second-order valence-corrected chi connectivity index (χ2v) is 11.2. The van der Waals surface area contributed by atoms with E-state index in [0.29, 0.717) is 51.7 Å². The lowest BCUT2D eigenvalue weighted by molar-refractivity contribution is -0.140. The molecule has 198 valence electrons. The van der Waals surface area contributed by atoms with Gasteiger partial charge in [0.15, 0.2) is 0 Å². The van der Waals surface area contributed by atoms with Crippen molar-refractivity contribution in [1.29, 1.82) is 5.26 Å². The fourth-order valence-electron chi connectivity index (χ4n) is 6.30. The lowest BCUT2D eigenvalue weighted by atomic mass is 9.81. The number of H-pyrrole nitrogens is 1. The van der Waals surface area contributed by atoms with E-state index in [0.717, 1.165) is 37.0 Å². The minimum Gasteiger partial charge on any atom is -0.378 e. The molecular formula is C29H39N5O3. The van der Waals surface area contributed by atoms with Crippen LogP contribution in [0.5, 0.6) is 0 Å². The number of aromatic amines is 1. The van der Waals surface area contributed by atoms with Gasteiger partial charge in [-0.2, -0.15) is 5.26 Å². The average Bonchev–Trinajstić information content (AvgIpc) is 3.53. The molecule has 2 aliphatic heterocycles. The summed E-state index contributed by atoms with van der Waals surface area (Å²) >= 11 is 0. The normalized spacial score (nSPS) is 24.1. The van der Waals surface area contributed by atoms with Crippen LogP contribution >= 0.6 is 0 Å². The second-order valence-electron chi connectivity index (χ2n) is 11.2. The summed E-state index contributed by atoms with van der Waals surface area (Å²) in [5.41, 5.74) is 1.29. The average molecular weight is 506 g/mol. The summed E-state index contributed by atoms with van der Waals surface area (Å²) < 4.78 is 5.39. The van der Waals surface area contributed by atoms with Crippen LogP contribution in [0.3, 0.4) is 0 Å². The van der Waals surface area contributed by atoms with Crippen LogP contribution in [0.2, 0.25) is 0 Å². The first-order valence-electron chi connectivity index (χ1n) is 13.9. The Kier molecular flexibility index (Phi) is 8.11. The number of nitriles is 1. The monoisotopic (exact) mass is 505 g/mol. The van der Waals surface area contributed by atoms with Crippen LogP contribution in [0.1, 0.15) is 57.1 Å². The number of morpholine rings is 1. The van der Waals surface area contributed by atoms with Gasteiger partial charge in [0, 0.05) is 56.3 Å². The van der Waals surface area contributed by atoms with Gasteiger partial charge in [-0.25, -0.2) is 0 Å². The van der Waals surface area contributed by atoms with Crippen molar-refractivity contribution in [1.82, 2.24) is 20.1 Å². The lowest BCUT2D eigenvalue weighted by Crippen LogP contribution is -2.52.